The van der Waals surface area contributed by atoms with Crippen LogP contribution in [0.2, 0.25) is 0 Å². The second kappa shape index (κ2) is 9.21. The molecule has 0 spiro atoms. The molecular formula is C20H28FN5O3. The number of carbonyl (C=O) groups excluding carboxylic acids is 2. The van der Waals surface area contributed by atoms with E-state index in [1.54, 1.807) is 18.2 Å². The van der Waals surface area contributed by atoms with E-state index in [0.29, 0.717) is 19.5 Å². The molecule has 2 aliphatic heterocycles. The van der Waals surface area contributed by atoms with Crippen LogP contribution in [0.5, 0.6) is 0 Å². The second-order valence-corrected chi connectivity index (χ2v) is 7.51. The van der Waals surface area contributed by atoms with E-state index in [-0.39, 0.29) is 23.4 Å². The maximum atomic E-state index is 14.4. The molecule has 2 aliphatic rings. The van der Waals surface area contributed by atoms with E-state index >= 15 is 0 Å². The molecule has 9 heteroatoms. The quantitative estimate of drug-likeness (QED) is 0.572. The number of rotatable bonds is 5. The molecule has 2 unspecified atom stereocenters. The first-order valence-corrected chi connectivity index (χ1v) is 9.99. The SMILES string of the molecule is CCC(=O)N1CCCCC1C1CN(C(OC(=O)N=C(N)N)c2ccccc2F)C1. The molecule has 2 saturated heterocycles. The monoisotopic (exact) mass is 405 g/mol. The van der Waals surface area contributed by atoms with Crippen LogP contribution in [-0.2, 0) is 9.53 Å². The van der Waals surface area contributed by atoms with Crippen LogP contribution in [0.25, 0.3) is 0 Å². The molecule has 1 aromatic carbocycles. The van der Waals surface area contributed by atoms with Gasteiger partial charge >= 0.3 is 6.09 Å². The Morgan fingerprint density at radius 3 is 2.66 bits per heavy atom. The molecule has 2 heterocycles. The lowest BCUT2D eigenvalue weighted by atomic mass is 9.84. The van der Waals surface area contributed by atoms with Crippen molar-refractivity contribution in [2.24, 2.45) is 22.4 Å². The third kappa shape index (κ3) is 4.84. The van der Waals surface area contributed by atoms with Crippen LogP contribution in [0.15, 0.2) is 29.3 Å². The Kier molecular flexibility index (Phi) is 6.68. The van der Waals surface area contributed by atoms with Gasteiger partial charge in [-0.05, 0) is 25.3 Å². The van der Waals surface area contributed by atoms with E-state index in [2.05, 4.69) is 4.99 Å². The average Bonchev–Trinajstić information content (AvgIpc) is 2.65. The van der Waals surface area contributed by atoms with E-state index in [0.717, 1.165) is 25.8 Å². The van der Waals surface area contributed by atoms with E-state index in [4.69, 9.17) is 16.2 Å². The van der Waals surface area contributed by atoms with Gasteiger partial charge in [0.1, 0.15) is 5.82 Å². The molecule has 1 aromatic rings. The van der Waals surface area contributed by atoms with Crippen molar-refractivity contribution < 1.29 is 18.7 Å². The highest BCUT2D eigenvalue weighted by Gasteiger charge is 2.43. The van der Waals surface area contributed by atoms with E-state index in [1.165, 1.54) is 6.07 Å². The standard InChI is InChI=1S/C20H28FN5O3/c1-2-17(27)26-10-6-5-9-16(26)13-11-25(12-13)18(29-20(28)24-19(22)23)14-7-3-4-8-15(14)21/h3-4,7-8,13,16,18H,2,5-6,9-12H2,1H3,(H4,22,23,24,28). The van der Waals surface area contributed by atoms with Crippen LogP contribution in [0, 0.1) is 11.7 Å². The number of halogens is 1. The largest absolute Gasteiger partial charge is 0.438 e. The molecule has 0 aliphatic carbocycles. The summed E-state index contributed by atoms with van der Waals surface area (Å²) < 4.78 is 19.8. The number of aliphatic imine (C=N–C) groups is 1. The minimum Gasteiger partial charge on any atom is -0.424 e. The number of likely N-dealkylation sites (tertiary alicyclic amines) is 2. The van der Waals surface area contributed by atoms with Crippen LogP contribution >= 0.6 is 0 Å². The molecule has 0 bridgehead atoms. The molecule has 0 radical (unpaired) electrons. The fraction of sp³-hybridized carbons (Fsp3) is 0.550. The Labute approximate surface area is 169 Å². The molecule has 0 saturated carbocycles. The highest BCUT2D eigenvalue weighted by atomic mass is 19.1. The van der Waals surface area contributed by atoms with Gasteiger partial charge in [0.05, 0.1) is 0 Å². The first kappa shape index (κ1) is 21.0. The number of carbonyl (C=O) groups is 2. The summed E-state index contributed by atoms with van der Waals surface area (Å²) in [6.45, 7) is 3.83. The first-order valence-electron chi connectivity index (χ1n) is 9.99. The maximum Gasteiger partial charge on any atom is 0.438 e. The van der Waals surface area contributed by atoms with Crippen molar-refractivity contribution in [1.82, 2.24) is 9.80 Å². The van der Waals surface area contributed by atoms with Gasteiger partial charge in [-0.2, -0.15) is 0 Å². The van der Waals surface area contributed by atoms with Gasteiger partial charge in [0, 0.05) is 43.6 Å². The lowest BCUT2D eigenvalue weighted by molar-refractivity contribution is -0.141. The minimum atomic E-state index is -0.970. The number of nitrogens with zero attached hydrogens (tertiary/aromatic N) is 3. The van der Waals surface area contributed by atoms with E-state index in [1.807, 2.05) is 16.7 Å². The number of ether oxygens (including phenoxy) is 1. The number of nitrogens with two attached hydrogens (primary N) is 2. The molecule has 3 rings (SSSR count). The lowest BCUT2D eigenvalue weighted by Crippen LogP contribution is -2.59. The van der Waals surface area contributed by atoms with Crippen LogP contribution in [0.4, 0.5) is 9.18 Å². The minimum absolute atomic E-state index is 0.165. The molecule has 158 valence electrons. The number of piperidine rings is 1. The van der Waals surface area contributed by atoms with Crippen LogP contribution in [-0.4, -0.2) is 53.4 Å². The summed E-state index contributed by atoms with van der Waals surface area (Å²) in [4.78, 5) is 31.5. The third-order valence-electron chi connectivity index (χ3n) is 5.59. The second-order valence-electron chi connectivity index (χ2n) is 7.51. The van der Waals surface area contributed by atoms with E-state index < -0.39 is 24.1 Å². The molecule has 8 nitrogen and oxygen atoms in total. The predicted octanol–water partition coefficient (Wildman–Crippen LogP) is 1.96. The fourth-order valence-electron chi connectivity index (χ4n) is 4.18. The van der Waals surface area contributed by atoms with Crippen molar-refractivity contribution in [3.63, 3.8) is 0 Å². The Morgan fingerprint density at radius 2 is 2.00 bits per heavy atom. The molecule has 2 fully saturated rings. The van der Waals surface area contributed by atoms with Gasteiger partial charge < -0.3 is 21.1 Å². The van der Waals surface area contributed by atoms with Crippen molar-refractivity contribution in [3.05, 3.63) is 35.6 Å². The Morgan fingerprint density at radius 1 is 1.28 bits per heavy atom. The molecular weight excluding hydrogens is 377 g/mol. The predicted molar refractivity (Wildman–Crippen MR) is 106 cm³/mol. The zero-order chi connectivity index (χ0) is 21.0. The summed E-state index contributed by atoms with van der Waals surface area (Å²) in [6.07, 6.45) is 1.66. The van der Waals surface area contributed by atoms with Crippen molar-refractivity contribution in [2.75, 3.05) is 19.6 Å². The number of hydrogen-bond donors (Lipinski definition) is 2. The Hall–Kier alpha value is -2.68. The lowest BCUT2D eigenvalue weighted by Gasteiger charge is -2.50. The van der Waals surface area contributed by atoms with Gasteiger partial charge in [0.25, 0.3) is 0 Å². The van der Waals surface area contributed by atoms with Gasteiger partial charge in [-0.15, -0.1) is 4.99 Å². The van der Waals surface area contributed by atoms with Gasteiger partial charge in [0.2, 0.25) is 5.91 Å². The van der Waals surface area contributed by atoms with Crippen molar-refractivity contribution in [3.8, 4) is 0 Å². The molecule has 0 aromatic heterocycles. The topological polar surface area (TPSA) is 114 Å². The first-order chi connectivity index (χ1) is 13.9. The molecule has 29 heavy (non-hydrogen) atoms. The van der Waals surface area contributed by atoms with Crippen molar-refractivity contribution in [1.29, 1.82) is 0 Å². The van der Waals surface area contributed by atoms with E-state index in [9.17, 15) is 14.0 Å². The molecule has 4 N–H and O–H groups in total. The summed E-state index contributed by atoms with van der Waals surface area (Å²) in [5.41, 5.74) is 10.7. The smallest absolute Gasteiger partial charge is 0.424 e. The summed E-state index contributed by atoms with van der Waals surface area (Å²) in [5, 5.41) is 0. The number of guanidine groups is 1. The average molecular weight is 405 g/mol. The van der Waals surface area contributed by atoms with Crippen LogP contribution in [0.1, 0.15) is 44.4 Å². The highest BCUT2D eigenvalue weighted by Crippen LogP contribution is 2.36. The zero-order valence-corrected chi connectivity index (χ0v) is 16.6. The molecule has 2 atom stereocenters. The summed E-state index contributed by atoms with van der Waals surface area (Å²) in [5.74, 6) is -0.474. The van der Waals surface area contributed by atoms with Gasteiger partial charge in [-0.3, -0.25) is 9.69 Å². The number of amides is 2. The van der Waals surface area contributed by atoms with Gasteiger partial charge in [-0.1, -0.05) is 25.1 Å². The summed E-state index contributed by atoms with van der Waals surface area (Å²) >= 11 is 0. The van der Waals surface area contributed by atoms with Gasteiger partial charge in [-0.25, -0.2) is 9.18 Å². The maximum absolute atomic E-state index is 14.4. The summed E-state index contributed by atoms with van der Waals surface area (Å²) in [6, 6.07) is 6.31. The van der Waals surface area contributed by atoms with Gasteiger partial charge in [0.15, 0.2) is 12.2 Å². The number of hydrogen-bond acceptors (Lipinski definition) is 4. The van der Waals surface area contributed by atoms with Crippen molar-refractivity contribution in [2.45, 2.75) is 44.9 Å². The zero-order valence-electron chi connectivity index (χ0n) is 16.6. The van der Waals surface area contributed by atoms with Crippen LogP contribution < -0.4 is 11.5 Å². The normalized spacial score (nSPS) is 21.2. The Balaban J connectivity index is 1.73. The van der Waals surface area contributed by atoms with Crippen molar-refractivity contribution >= 4 is 18.0 Å². The summed E-state index contributed by atoms with van der Waals surface area (Å²) in [7, 11) is 0. The third-order valence-corrected chi connectivity index (χ3v) is 5.59. The Bertz CT molecular complexity index is 777. The molecule has 2 amide bonds. The van der Waals surface area contributed by atoms with Crippen LogP contribution in [0.3, 0.4) is 0 Å². The number of benzene rings is 1. The fourth-order valence-corrected chi connectivity index (χ4v) is 4.18. The highest BCUT2D eigenvalue weighted by molar-refractivity contribution is 5.88.